The third kappa shape index (κ3) is 5.10. The lowest BCUT2D eigenvalue weighted by Crippen LogP contribution is -2.41. The Bertz CT molecular complexity index is 1610. The van der Waals surface area contributed by atoms with Crippen molar-refractivity contribution in [1.29, 1.82) is 0 Å². The van der Waals surface area contributed by atoms with Crippen LogP contribution in [0.5, 0.6) is 0 Å². The average molecular weight is 586 g/mol. The molecule has 4 atom stereocenters. The first-order chi connectivity index (χ1) is 20.8. The van der Waals surface area contributed by atoms with E-state index in [1.54, 1.807) is 6.33 Å². The van der Waals surface area contributed by atoms with Gasteiger partial charge in [-0.1, -0.05) is 48.5 Å². The fourth-order valence-corrected chi connectivity index (χ4v) is 6.48. The molecule has 224 valence electrons. The standard InChI is InChI=1S/C31H35N7O5/c1-31(2)42-25-23(41-29(26(25)43-31)38-17-36-24-27(32)34-16-35-28(24)38)14-37(3)13-12-33-30(39)40-15-22-20-10-6-4-8-18(20)19-9-5-7-11-21(19)22/h4-11,16-17,22-23,25-26,29H,12-15H2,1-3H3,(H,33,39)(H2,32,34,35)/t23-,25?,26?,29?/m1/s1. The first kappa shape index (κ1) is 27.7. The number of ether oxygens (including phenoxy) is 4. The highest BCUT2D eigenvalue weighted by molar-refractivity contribution is 5.81. The second kappa shape index (κ2) is 10.9. The number of anilines is 1. The maximum atomic E-state index is 12.6. The third-order valence-electron chi connectivity index (χ3n) is 8.38. The van der Waals surface area contributed by atoms with Crippen molar-refractivity contribution in [3.05, 3.63) is 72.3 Å². The number of carbonyl (C=O) groups excluding carboxylic acids is 1. The van der Waals surface area contributed by atoms with Crippen LogP contribution < -0.4 is 11.1 Å². The molecule has 1 aliphatic carbocycles. The molecule has 7 rings (SSSR count). The van der Waals surface area contributed by atoms with Crippen LogP contribution in [0.4, 0.5) is 10.6 Å². The number of alkyl carbamates (subject to hydrolysis) is 1. The molecule has 2 saturated heterocycles. The van der Waals surface area contributed by atoms with Gasteiger partial charge in [-0.15, -0.1) is 0 Å². The summed E-state index contributed by atoms with van der Waals surface area (Å²) in [5, 5.41) is 2.89. The number of nitrogens with two attached hydrogens (primary N) is 1. The summed E-state index contributed by atoms with van der Waals surface area (Å²) in [7, 11) is 1.98. The van der Waals surface area contributed by atoms with E-state index in [0.29, 0.717) is 36.6 Å². The van der Waals surface area contributed by atoms with E-state index in [1.165, 1.54) is 28.6 Å². The van der Waals surface area contributed by atoms with Crippen LogP contribution in [0.3, 0.4) is 0 Å². The van der Waals surface area contributed by atoms with Crippen LogP contribution >= 0.6 is 0 Å². The van der Waals surface area contributed by atoms with Crippen molar-refractivity contribution in [2.45, 2.75) is 50.1 Å². The summed E-state index contributed by atoms with van der Waals surface area (Å²) >= 11 is 0. The van der Waals surface area contributed by atoms with Crippen molar-refractivity contribution in [2.75, 3.05) is 39.0 Å². The summed E-state index contributed by atoms with van der Waals surface area (Å²) in [6, 6.07) is 16.6. The summed E-state index contributed by atoms with van der Waals surface area (Å²) in [6.45, 7) is 5.65. The first-order valence-electron chi connectivity index (χ1n) is 14.5. The minimum atomic E-state index is -0.760. The lowest BCUT2D eigenvalue weighted by molar-refractivity contribution is -0.197. The van der Waals surface area contributed by atoms with Crippen molar-refractivity contribution in [3.63, 3.8) is 0 Å². The van der Waals surface area contributed by atoms with Gasteiger partial charge in [0, 0.05) is 25.6 Å². The van der Waals surface area contributed by atoms with Crippen molar-refractivity contribution in [2.24, 2.45) is 0 Å². The average Bonchev–Trinajstić information content (AvgIpc) is 3.72. The molecule has 4 aromatic rings. The first-order valence-corrected chi connectivity index (χ1v) is 14.5. The predicted octanol–water partition coefficient (Wildman–Crippen LogP) is 3.30. The van der Waals surface area contributed by atoms with Crippen molar-refractivity contribution in [1.82, 2.24) is 29.7 Å². The Morgan fingerprint density at radius 3 is 2.49 bits per heavy atom. The molecule has 3 unspecified atom stereocenters. The van der Waals surface area contributed by atoms with Crippen LogP contribution in [-0.2, 0) is 18.9 Å². The zero-order chi connectivity index (χ0) is 29.7. The molecule has 2 fully saturated rings. The van der Waals surface area contributed by atoms with Gasteiger partial charge in [0.15, 0.2) is 23.5 Å². The Hall–Kier alpha value is -4.10. The van der Waals surface area contributed by atoms with Crippen molar-refractivity contribution in [3.8, 4) is 11.1 Å². The second-order valence-electron chi connectivity index (χ2n) is 11.7. The normalized spacial score (nSPS) is 23.8. The van der Waals surface area contributed by atoms with Gasteiger partial charge in [-0.2, -0.15) is 0 Å². The monoisotopic (exact) mass is 585 g/mol. The number of carbonyl (C=O) groups is 1. The number of rotatable bonds is 8. The number of nitrogens with one attached hydrogen (secondary N) is 1. The summed E-state index contributed by atoms with van der Waals surface area (Å²) in [6.07, 6.45) is 1.19. The number of likely N-dealkylation sites (N-methyl/N-ethyl adjacent to an activating group) is 1. The van der Waals surface area contributed by atoms with E-state index >= 15 is 0 Å². The molecule has 2 aromatic heterocycles. The van der Waals surface area contributed by atoms with E-state index < -0.39 is 18.1 Å². The van der Waals surface area contributed by atoms with E-state index in [4.69, 9.17) is 24.7 Å². The zero-order valence-corrected chi connectivity index (χ0v) is 24.3. The molecule has 12 nitrogen and oxygen atoms in total. The summed E-state index contributed by atoms with van der Waals surface area (Å²) in [5.74, 6) is -0.429. The zero-order valence-electron chi connectivity index (χ0n) is 24.3. The van der Waals surface area contributed by atoms with Gasteiger partial charge >= 0.3 is 6.09 Å². The number of nitrogens with zero attached hydrogens (tertiary/aromatic N) is 5. The summed E-state index contributed by atoms with van der Waals surface area (Å²) in [5.41, 5.74) is 11.9. The SMILES string of the molecule is CN(CCNC(=O)OCC1c2ccccc2-c2ccccc21)C[C@H]1OC(n2cnc3c(N)ncnc32)C2OC(C)(C)OC21. The number of fused-ring (bicyclic) bond motifs is 5. The van der Waals surface area contributed by atoms with E-state index in [9.17, 15) is 4.79 Å². The quantitative estimate of drug-likeness (QED) is 0.317. The van der Waals surface area contributed by atoms with Gasteiger partial charge in [0.05, 0.1) is 6.33 Å². The van der Waals surface area contributed by atoms with E-state index in [2.05, 4.69) is 49.4 Å². The summed E-state index contributed by atoms with van der Waals surface area (Å²) < 4.78 is 26.5. The Morgan fingerprint density at radius 1 is 1.05 bits per heavy atom. The molecule has 2 aromatic carbocycles. The van der Waals surface area contributed by atoms with Crippen molar-refractivity contribution >= 4 is 23.1 Å². The molecule has 43 heavy (non-hydrogen) atoms. The van der Waals surface area contributed by atoms with E-state index in [1.807, 2.05) is 49.7 Å². The fraction of sp³-hybridized carbons (Fsp3) is 0.419. The van der Waals surface area contributed by atoms with Crippen molar-refractivity contribution < 1.29 is 23.7 Å². The molecule has 0 bridgehead atoms. The molecule has 3 aliphatic rings. The topological polar surface area (TPSA) is 139 Å². The number of nitrogen functional groups attached to an aromatic ring is 1. The van der Waals surface area contributed by atoms with Gasteiger partial charge in [0.1, 0.15) is 36.8 Å². The Kier molecular flexibility index (Phi) is 7.01. The van der Waals surface area contributed by atoms with Crippen LogP contribution in [0.15, 0.2) is 61.2 Å². The molecule has 0 radical (unpaired) electrons. The van der Waals surface area contributed by atoms with Crippen LogP contribution in [0.2, 0.25) is 0 Å². The van der Waals surface area contributed by atoms with Gasteiger partial charge in [-0.05, 0) is 43.1 Å². The second-order valence-corrected chi connectivity index (χ2v) is 11.7. The van der Waals surface area contributed by atoms with Crippen LogP contribution in [-0.4, -0.2) is 87.9 Å². The van der Waals surface area contributed by atoms with Gasteiger partial charge in [-0.25, -0.2) is 19.7 Å². The molecule has 4 heterocycles. The summed E-state index contributed by atoms with van der Waals surface area (Å²) in [4.78, 5) is 27.5. The number of hydrogen-bond acceptors (Lipinski definition) is 10. The molecule has 2 aliphatic heterocycles. The molecule has 3 N–H and O–H groups in total. The predicted molar refractivity (Wildman–Crippen MR) is 158 cm³/mol. The number of amides is 1. The Morgan fingerprint density at radius 2 is 1.74 bits per heavy atom. The smallest absolute Gasteiger partial charge is 0.407 e. The number of imidazole rings is 1. The minimum absolute atomic E-state index is 0.0228. The van der Waals surface area contributed by atoms with Gasteiger partial charge in [0.25, 0.3) is 0 Å². The number of aromatic nitrogens is 4. The third-order valence-corrected chi connectivity index (χ3v) is 8.38. The van der Waals surface area contributed by atoms with Gasteiger partial charge in [0.2, 0.25) is 0 Å². The highest BCUT2D eigenvalue weighted by Crippen LogP contribution is 2.45. The van der Waals surface area contributed by atoms with Gasteiger partial charge < -0.3 is 34.9 Å². The van der Waals surface area contributed by atoms with Crippen LogP contribution in [0.25, 0.3) is 22.3 Å². The minimum Gasteiger partial charge on any atom is -0.449 e. The molecule has 1 amide bonds. The maximum absolute atomic E-state index is 12.6. The van der Waals surface area contributed by atoms with Crippen LogP contribution in [0, 0.1) is 0 Å². The lowest BCUT2D eigenvalue weighted by Gasteiger charge is -2.27. The van der Waals surface area contributed by atoms with Gasteiger partial charge in [-0.3, -0.25) is 4.57 Å². The Balaban J connectivity index is 0.942. The lowest BCUT2D eigenvalue weighted by atomic mass is 9.98. The largest absolute Gasteiger partial charge is 0.449 e. The fourth-order valence-electron chi connectivity index (χ4n) is 6.48. The molecular weight excluding hydrogens is 550 g/mol. The highest BCUT2D eigenvalue weighted by Gasteiger charge is 2.56. The van der Waals surface area contributed by atoms with E-state index in [0.717, 1.165) is 0 Å². The highest BCUT2D eigenvalue weighted by atomic mass is 16.8. The molecule has 0 spiro atoms. The molecular formula is C31H35N7O5. The molecule has 12 heteroatoms. The Labute approximate surface area is 249 Å². The molecule has 0 saturated carbocycles. The maximum Gasteiger partial charge on any atom is 0.407 e. The number of hydrogen-bond donors (Lipinski definition) is 2. The van der Waals surface area contributed by atoms with E-state index in [-0.39, 0.29) is 30.8 Å². The number of benzene rings is 2. The van der Waals surface area contributed by atoms with Crippen LogP contribution in [0.1, 0.15) is 37.1 Å².